The van der Waals surface area contributed by atoms with Gasteiger partial charge in [0, 0.05) is 11.8 Å². The molecule has 0 radical (unpaired) electrons. The molecule has 0 saturated heterocycles. The molecule has 118 valence electrons. The van der Waals surface area contributed by atoms with Crippen LogP contribution in [0.4, 0.5) is 4.39 Å². The minimum Gasteiger partial charge on any atom is -0.481 e. The van der Waals surface area contributed by atoms with Gasteiger partial charge >= 0.3 is 5.97 Å². The van der Waals surface area contributed by atoms with Gasteiger partial charge in [0.2, 0.25) is 0 Å². The third-order valence-corrected chi connectivity index (χ3v) is 6.73. The third kappa shape index (κ3) is 2.09. The normalized spacial score (nSPS) is 39.1. The lowest BCUT2D eigenvalue weighted by molar-refractivity contribution is -0.139. The van der Waals surface area contributed by atoms with Gasteiger partial charge in [0.05, 0.1) is 0 Å². The fourth-order valence-corrected chi connectivity index (χ4v) is 6.12. The molecule has 5 rings (SSSR count). The van der Waals surface area contributed by atoms with Crippen LogP contribution in [0.3, 0.4) is 0 Å². The summed E-state index contributed by atoms with van der Waals surface area (Å²) in [5, 5.41) is 9.21. The van der Waals surface area contributed by atoms with Gasteiger partial charge in [0.1, 0.15) is 5.82 Å². The molecule has 4 aliphatic rings. The Morgan fingerprint density at radius 1 is 1.05 bits per heavy atom. The van der Waals surface area contributed by atoms with E-state index in [1.165, 1.54) is 37.7 Å². The van der Waals surface area contributed by atoms with E-state index in [0.717, 1.165) is 11.8 Å². The summed E-state index contributed by atoms with van der Waals surface area (Å²) in [6.07, 6.45) is 7.27. The van der Waals surface area contributed by atoms with E-state index in [0.29, 0.717) is 18.3 Å². The molecule has 4 aliphatic carbocycles. The van der Waals surface area contributed by atoms with Crippen LogP contribution in [0.5, 0.6) is 0 Å². The third-order valence-electron chi connectivity index (χ3n) is 6.73. The molecule has 0 spiro atoms. The number of carboxylic acid groups (broad SMARTS) is 1. The van der Waals surface area contributed by atoms with Crippen molar-refractivity contribution >= 4 is 5.97 Å². The van der Waals surface area contributed by atoms with Crippen LogP contribution in [0.2, 0.25) is 0 Å². The fourth-order valence-electron chi connectivity index (χ4n) is 6.12. The van der Waals surface area contributed by atoms with Crippen molar-refractivity contribution in [2.45, 2.75) is 50.4 Å². The van der Waals surface area contributed by atoms with E-state index in [2.05, 4.69) is 0 Å². The van der Waals surface area contributed by atoms with Gasteiger partial charge in [-0.1, -0.05) is 12.1 Å². The van der Waals surface area contributed by atoms with Gasteiger partial charge in [-0.3, -0.25) is 4.79 Å². The number of benzene rings is 1. The van der Waals surface area contributed by atoms with Crippen molar-refractivity contribution in [1.29, 1.82) is 0 Å². The lowest BCUT2D eigenvalue weighted by atomic mass is 9.43. The van der Waals surface area contributed by atoms with Crippen LogP contribution in [0.15, 0.2) is 24.3 Å². The molecule has 1 N–H and O–H groups in total. The Morgan fingerprint density at radius 2 is 1.59 bits per heavy atom. The maximum atomic E-state index is 13.4. The van der Waals surface area contributed by atoms with Crippen molar-refractivity contribution in [3.8, 4) is 0 Å². The second-order valence-corrected chi connectivity index (χ2v) is 7.75. The van der Waals surface area contributed by atoms with E-state index < -0.39 is 5.97 Å². The Hall–Kier alpha value is -1.38. The highest BCUT2D eigenvalue weighted by Gasteiger charge is 2.57. The number of rotatable bonds is 4. The van der Waals surface area contributed by atoms with Crippen LogP contribution >= 0.6 is 0 Å². The fraction of sp³-hybridized carbons (Fsp3) is 0.632. The number of aliphatic carboxylic acids is 1. The van der Waals surface area contributed by atoms with Gasteiger partial charge in [-0.05, 0) is 79.9 Å². The SMILES string of the molecule is O=C(O)CCC1(c2ccc(F)cc2)C2CC3CC(C2)CC1C3. The van der Waals surface area contributed by atoms with Gasteiger partial charge in [-0.25, -0.2) is 4.39 Å². The molecule has 0 atom stereocenters. The Kier molecular flexibility index (Phi) is 3.28. The standard InChI is InChI=1S/C19H23FO2/c20-17-3-1-14(2-4-17)19(6-5-18(21)22)15-8-12-7-13(10-15)11-16(19)9-12/h1-4,12-13,15-16H,5-11H2,(H,21,22). The molecule has 1 aromatic rings. The number of carboxylic acids is 1. The Bertz CT molecular complexity index is 550. The molecule has 0 aliphatic heterocycles. The molecule has 0 aromatic heterocycles. The molecule has 0 unspecified atom stereocenters. The highest BCUT2D eigenvalue weighted by atomic mass is 19.1. The van der Waals surface area contributed by atoms with Crippen molar-refractivity contribution in [3.63, 3.8) is 0 Å². The molecule has 1 aromatic carbocycles. The summed E-state index contributed by atoms with van der Waals surface area (Å²) < 4.78 is 13.4. The van der Waals surface area contributed by atoms with Crippen LogP contribution < -0.4 is 0 Å². The van der Waals surface area contributed by atoms with Crippen molar-refractivity contribution < 1.29 is 14.3 Å². The van der Waals surface area contributed by atoms with Crippen LogP contribution in [-0.4, -0.2) is 11.1 Å². The monoisotopic (exact) mass is 302 g/mol. The van der Waals surface area contributed by atoms with Crippen molar-refractivity contribution in [1.82, 2.24) is 0 Å². The molecule has 4 fully saturated rings. The van der Waals surface area contributed by atoms with E-state index in [4.69, 9.17) is 0 Å². The zero-order chi connectivity index (χ0) is 15.3. The molecule has 3 heteroatoms. The quantitative estimate of drug-likeness (QED) is 0.896. The summed E-state index contributed by atoms with van der Waals surface area (Å²) in [6, 6.07) is 6.92. The number of hydrogen-bond acceptors (Lipinski definition) is 1. The maximum Gasteiger partial charge on any atom is 0.303 e. The van der Waals surface area contributed by atoms with Crippen LogP contribution in [0.1, 0.15) is 50.5 Å². The number of halogens is 1. The zero-order valence-electron chi connectivity index (χ0n) is 12.8. The van der Waals surface area contributed by atoms with E-state index >= 15 is 0 Å². The Labute approximate surface area is 130 Å². The maximum absolute atomic E-state index is 13.4. The molecule has 4 saturated carbocycles. The first-order valence-electron chi connectivity index (χ1n) is 8.56. The summed E-state index contributed by atoms with van der Waals surface area (Å²) in [7, 11) is 0. The van der Waals surface area contributed by atoms with Crippen LogP contribution in [0, 0.1) is 29.5 Å². The lowest BCUT2D eigenvalue weighted by Gasteiger charge is -2.62. The largest absolute Gasteiger partial charge is 0.481 e. The van der Waals surface area contributed by atoms with Crippen molar-refractivity contribution in [2.75, 3.05) is 0 Å². The summed E-state index contributed by atoms with van der Waals surface area (Å²) in [4.78, 5) is 11.2. The Morgan fingerprint density at radius 3 is 2.09 bits per heavy atom. The second-order valence-electron chi connectivity index (χ2n) is 7.75. The summed E-state index contributed by atoms with van der Waals surface area (Å²) >= 11 is 0. The van der Waals surface area contributed by atoms with E-state index in [1.807, 2.05) is 12.1 Å². The smallest absolute Gasteiger partial charge is 0.303 e. The van der Waals surface area contributed by atoms with E-state index in [1.54, 1.807) is 12.1 Å². The first kappa shape index (κ1) is 14.2. The Balaban J connectivity index is 1.75. The topological polar surface area (TPSA) is 37.3 Å². The molecule has 4 bridgehead atoms. The van der Waals surface area contributed by atoms with E-state index in [9.17, 15) is 14.3 Å². The molecule has 22 heavy (non-hydrogen) atoms. The minimum atomic E-state index is -0.713. The molecule has 2 nitrogen and oxygen atoms in total. The molecule has 0 amide bonds. The van der Waals surface area contributed by atoms with Gasteiger partial charge in [-0.2, -0.15) is 0 Å². The van der Waals surface area contributed by atoms with Gasteiger partial charge in [-0.15, -0.1) is 0 Å². The van der Waals surface area contributed by atoms with Crippen molar-refractivity contribution in [3.05, 3.63) is 35.6 Å². The average Bonchev–Trinajstić information content (AvgIpc) is 2.47. The molecular weight excluding hydrogens is 279 g/mol. The average molecular weight is 302 g/mol. The van der Waals surface area contributed by atoms with Gasteiger partial charge in [0.15, 0.2) is 0 Å². The highest BCUT2D eigenvalue weighted by Crippen LogP contribution is 2.64. The molecule has 0 heterocycles. The minimum absolute atomic E-state index is 0.0283. The van der Waals surface area contributed by atoms with Gasteiger partial charge < -0.3 is 5.11 Å². The van der Waals surface area contributed by atoms with Crippen LogP contribution in [-0.2, 0) is 10.2 Å². The first-order chi connectivity index (χ1) is 10.6. The second kappa shape index (κ2) is 5.07. The number of carbonyl (C=O) groups is 1. The zero-order valence-corrected chi connectivity index (χ0v) is 12.8. The van der Waals surface area contributed by atoms with Gasteiger partial charge in [0.25, 0.3) is 0 Å². The highest BCUT2D eigenvalue weighted by molar-refractivity contribution is 5.67. The van der Waals surface area contributed by atoms with E-state index in [-0.39, 0.29) is 17.7 Å². The lowest BCUT2D eigenvalue weighted by Crippen LogP contribution is -2.55. The van der Waals surface area contributed by atoms with Crippen LogP contribution in [0.25, 0.3) is 0 Å². The first-order valence-corrected chi connectivity index (χ1v) is 8.56. The summed E-state index contributed by atoms with van der Waals surface area (Å²) in [5.74, 6) is 1.96. The predicted octanol–water partition coefficient (Wildman–Crippen LogP) is 4.38. The molecular formula is C19H23FO2. The summed E-state index contributed by atoms with van der Waals surface area (Å²) in [5.41, 5.74) is 1.16. The predicted molar refractivity (Wildman–Crippen MR) is 82.0 cm³/mol. The van der Waals surface area contributed by atoms with Crippen molar-refractivity contribution in [2.24, 2.45) is 23.7 Å². The number of hydrogen-bond donors (Lipinski definition) is 1. The summed E-state index contributed by atoms with van der Waals surface area (Å²) in [6.45, 7) is 0.